The number of anilines is 2. The number of aliphatic hydroxyl groups excluding tert-OH is 2. The molecule has 1 saturated carbocycles. The Labute approximate surface area is 356 Å². The molecule has 5 atom stereocenters. The molecule has 2 aliphatic rings. The van der Waals surface area contributed by atoms with Gasteiger partial charge in [-0.2, -0.15) is 14.8 Å². The van der Waals surface area contributed by atoms with E-state index in [2.05, 4.69) is 60.5 Å². The fourth-order valence-electron chi connectivity index (χ4n) is 8.01. The molecule has 0 radical (unpaired) electrons. The van der Waals surface area contributed by atoms with E-state index < -0.39 is 24.3 Å². The Morgan fingerprint density at radius 1 is 0.917 bits per heavy atom. The zero-order valence-corrected chi connectivity index (χ0v) is 34.5. The Hall–Kier alpha value is -6.01. The van der Waals surface area contributed by atoms with Crippen LogP contribution in [-0.4, -0.2) is 98.8 Å². The van der Waals surface area contributed by atoms with Crippen molar-refractivity contribution in [2.24, 2.45) is 0 Å². The monoisotopic (exact) mass is 847 g/mol. The van der Waals surface area contributed by atoms with Crippen LogP contribution in [0.5, 0.6) is 0 Å². The van der Waals surface area contributed by atoms with Crippen LogP contribution in [0, 0.1) is 0 Å². The van der Waals surface area contributed by atoms with Crippen molar-refractivity contribution in [3.8, 4) is 10.6 Å². The Kier molecular flexibility index (Phi) is 12.3. The van der Waals surface area contributed by atoms with Crippen LogP contribution in [-0.2, 0) is 13.0 Å². The molecule has 310 valence electrons. The maximum atomic E-state index is 13.1. The second-order valence-electron chi connectivity index (χ2n) is 15.0. The third-order valence-electron chi connectivity index (χ3n) is 11.2. The number of halogens is 1. The zero-order valence-electron chi connectivity index (χ0n) is 32.8. The molecule has 7 aromatic rings. The number of aryl methyl sites for hydroxylation is 1. The molecule has 1 aliphatic carbocycles. The number of benzene rings is 3. The summed E-state index contributed by atoms with van der Waals surface area (Å²) in [5.41, 5.74) is 5.20. The number of carbonyl (C=O) groups excluding carboxylic acids is 1. The standard InChI is InChI=1S/C42H45N13O3S.ClH/c1-2-34-50-52-55(51-34)33-20-32(36(56)37(33)57)54-25-45-35-38(43-22-31(26-12-6-3-7-13-26)27-14-8-4-9-15-27)48-41(49-39(35)54)53-19-18-29(23-53)47-42(58)44-21-30-24-59-40(46-30)28-16-10-5-11-17-28;/h3-17,24-25,29,31-33,36-37,56-57H,2,18-23H2,1H3,(H,43,48,49)(H2,44,47,58);1H/t29?,32-,33+,36+,37-;/m1./s1. The third-order valence-corrected chi connectivity index (χ3v) is 12.1. The molecule has 1 aliphatic heterocycles. The summed E-state index contributed by atoms with van der Waals surface area (Å²) in [6, 6.07) is 29.1. The average Bonchev–Trinajstić information content (AvgIpc) is 4.14. The molecule has 0 spiro atoms. The van der Waals surface area contributed by atoms with Crippen molar-refractivity contribution in [2.45, 2.75) is 69.0 Å². The number of amides is 2. The molecular formula is C42H46ClN13O3S. The van der Waals surface area contributed by atoms with Crippen molar-refractivity contribution in [3.05, 3.63) is 125 Å². The predicted molar refractivity (Wildman–Crippen MR) is 231 cm³/mol. The Morgan fingerprint density at radius 3 is 2.32 bits per heavy atom. The number of urea groups is 1. The lowest BCUT2D eigenvalue weighted by Gasteiger charge is -2.22. The van der Waals surface area contributed by atoms with Crippen molar-refractivity contribution in [3.63, 3.8) is 0 Å². The molecule has 1 saturated heterocycles. The van der Waals surface area contributed by atoms with Crippen molar-refractivity contribution < 1.29 is 15.0 Å². The minimum Gasteiger partial charge on any atom is -0.388 e. The number of hydrogen-bond acceptors (Lipinski definition) is 13. The van der Waals surface area contributed by atoms with E-state index in [1.165, 1.54) is 4.80 Å². The Bertz CT molecular complexity index is 2460. The van der Waals surface area contributed by atoms with Crippen LogP contribution in [0.25, 0.3) is 21.7 Å². The van der Waals surface area contributed by atoms with E-state index in [0.29, 0.717) is 74.2 Å². The van der Waals surface area contributed by atoms with Gasteiger partial charge in [-0.05, 0) is 29.2 Å². The second-order valence-corrected chi connectivity index (χ2v) is 15.8. The number of nitrogens with one attached hydrogen (secondary N) is 3. The molecule has 0 bridgehead atoms. The highest BCUT2D eigenvalue weighted by Gasteiger charge is 2.45. The normalized spacial score (nSPS) is 20.1. The first kappa shape index (κ1) is 40.8. The van der Waals surface area contributed by atoms with Gasteiger partial charge in [0, 0.05) is 49.0 Å². The van der Waals surface area contributed by atoms with E-state index >= 15 is 0 Å². The molecular weight excluding hydrogens is 802 g/mol. The van der Waals surface area contributed by atoms with Gasteiger partial charge in [0.05, 0.1) is 24.6 Å². The molecule has 2 amide bonds. The van der Waals surface area contributed by atoms with Crippen molar-refractivity contribution in [1.29, 1.82) is 0 Å². The highest BCUT2D eigenvalue weighted by molar-refractivity contribution is 7.13. The summed E-state index contributed by atoms with van der Waals surface area (Å²) >= 11 is 1.55. The highest BCUT2D eigenvalue weighted by Crippen LogP contribution is 2.40. The maximum absolute atomic E-state index is 13.1. The summed E-state index contributed by atoms with van der Waals surface area (Å²) in [6.07, 6.45) is 1.00. The van der Waals surface area contributed by atoms with Gasteiger partial charge in [0.15, 0.2) is 22.8 Å². The fraction of sp³-hybridized carbons (Fsp3) is 0.333. The molecule has 2 fully saturated rings. The molecule has 5 heterocycles. The van der Waals surface area contributed by atoms with Crippen LogP contribution in [0.1, 0.15) is 60.4 Å². The molecule has 1 unspecified atom stereocenters. The number of aliphatic hydroxyl groups is 2. The number of fused-ring (bicyclic) bond motifs is 1. The molecule has 4 aromatic heterocycles. The van der Waals surface area contributed by atoms with Gasteiger partial charge in [0.2, 0.25) is 5.95 Å². The molecule has 9 rings (SSSR count). The fourth-order valence-corrected chi connectivity index (χ4v) is 8.83. The largest absolute Gasteiger partial charge is 0.388 e. The van der Waals surface area contributed by atoms with E-state index in [1.807, 2.05) is 83.6 Å². The van der Waals surface area contributed by atoms with Gasteiger partial charge in [0.1, 0.15) is 23.3 Å². The van der Waals surface area contributed by atoms with Gasteiger partial charge < -0.3 is 35.6 Å². The topological polar surface area (TPSA) is 197 Å². The second kappa shape index (κ2) is 18.1. The van der Waals surface area contributed by atoms with Gasteiger partial charge in [-0.3, -0.25) is 0 Å². The summed E-state index contributed by atoms with van der Waals surface area (Å²) in [5.74, 6) is 1.58. The lowest BCUT2D eigenvalue weighted by atomic mass is 9.91. The lowest BCUT2D eigenvalue weighted by Crippen LogP contribution is -2.43. The Morgan fingerprint density at radius 2 is 1.62 bits per heavy atom. The van der Waals surface area contributed by atoms with Gasteiger partial charge in [0.25, 0.3) is 0 Å². The summed E-state index contributed by atoms with van der Waals surface area (Å²) in [7, 11) is 0. The lowest BCUT2D eigenvalue weighted by molar-refractivity contribution is 0.00473. The number of rotatable bonds is 13. The van der Waals surface area contributed by atoms with Crippen molar-refractivity contribution in [2.75, 3.05) is 29.9 Å². The summed E-state index contributed by atoms with van der Waals surface area (Å²) in [5, 5.41) is 47.9. The molecule has 16 nitrogen and oxygen atoms in total. The SMILES string of the molecule is CCc1nnn([C@H]2C[C@@H](n3cnc4c(NCC(c5ccccc5)c5ccccc5)nc(N5CCC(NC(=O)NCc6csc(-c7ccccc7)n6)C5)nc43)[C@H](O)[C@@H]2O)n1.Cl. The zero-order chi connectivity index (χ0) is 40.3. The van der Waals surface area contributed by atoms with E-state index in [0.717, 1.165) is 27.4 Å². The first-order valence-electron chi connectivity index (χ1n) is 19.9. The number of nitrogens with zero attached hydrogens (tertiary/aromatic N) is 10. The van der Waals surface area contributed by atoms with E-state index in [9.17, 15) is 15.0 Å². The van der Waals surface area contributed by atoms with E-state index in [1.54, 1.807) is 17.7 Å². The maximum Gasteiger partial charge on any atom is 0.315 e. The van der Waals surface area contributed by atoms with Gasteiger partial charge in [-0.15, -0.1) is 33.9 Å². The van der Waals surface area contributed by atoms with Gasteiger partial charge >= 0.3 is 6.03 Å². The van der Waals surface area contributed by atoms with E-state index in [-0.39, 0.29) is 30.4 Å². The van der Waals surface area contributed by atoms with Crippen LogP contribution in [0.3, 0.4) is 0 Å². The average molecular weight is 848 g/mol. The quantitative estimate of drug-likeness (QED) is 0.103. The third kappa shape index (κ3) is 8.52. The van der Waals surface area contributed by atoms with Crippen LogP contribution >= 0.6 is 23.7 Å². The highest BCUT2D eigenvalue weighted by atomic mass is 35.5. The molecule has 3 aromatic carbocycles. The predicted octanol–water partition coefficient (Wildman–Crippen LogP) is 5.15. The number of aromatic nitrogens is 9. The Balaban J connectivity index is 0.00000499. The number of hydrogen-bond donors (Lipinski definition) is 5. The minimum atomic E-state index is -1.14. The van der Waals surface area contributed by atoms with E-state index in [4.69, 9.17) is 19.9 Å². The number of thiazole rings is 1. The number of imidazole rings is 1. The van der Waals surface area contributed by atoms with Gasteiger partial charge in [-0.25, -0.2) is 14.8 Å². The summed E-state index contributed by atoms with van der Waals surface area (Å²) in [6.45, 7) is 3.87. The smallest absolute Gasteiger partial charge is 0.315 e. The molecule has 60 heavy (non-hydrogen) atoms. The molecule has 18 heteroatoms. The summed E-state index contributed by atoms with van der Waals surface area (Å²) < 4.78 is 1.82. The van der Waals surface area contributed by atoms with Crippen LogP contribution in [0.15, 0.2) is 103 Å². The van der Waals surface area contributed by atoms with Gasteiger partial charge in [-0.1, -0.05) is 97.9 Å². The number of tetrazole rings is 1. The molecule has 5 N–H and O–H groups in total. The number of carbonyl (C=O) groups is 1. The summed E-state index contributed by atoms with van der Waals surface area (Å²) in [4.78, 5) is 36.1. The minimum absolute atomic E-state index is 0. The van der Waals surface area contributed by atoms with Crippen LogP contribution in [0.4, 0.5) is 16.6 Å². The van der Waals surface area contributed by atoms with Crippen LogP contribution in [0.2, 0.25) is 0 Å². The van der Waals surface area contributed by atoms with Crippen molar-refractivity contribution >= 4 is 52.7 Å². The first-order valence-corrected chi connectivity index (χ1v) is 20.8. The van der Waals surface area contributed by atoms with Crippen LogP contribution < -0.4 is 20.9 Å². The van der Waals surface area contributed by atoms with Crippen molar-refractivity contribution in [1.82, 2.24) is 55.3 Å². The first-order chi connectivity index (χ1) is 28.9.